The van der Waals surface area contributed by atoms with Crippen molar-refractivity contribution in [2.24, 2.45) is 0 Å². The highest BCUT2D eigenvalue weighted by molar-refractivity contribution is 5.89. The van der Waals surface area contributed by atoms with E-state index in [9.17, 15) is 14.7 Å². The van der Waals surface area contributed by atoms with Crippen LogP contribution in [0.3, 0.4) is 0 Å². The summed E-state index contributed by atoms with van der Waals surface area (Å²) in [5, 5.41) is 9.76. The number of hydrogen-bond donors (Lipinski definition) is 1. The maximum absolute atomic E-state index is 12.6. The van der Waals surface area contributed by atoms with Crippen molar-refractivity contribution in [1.29, 1.82) is 0 Å². The van der Waals surface area contributed by atoms with Gasteiger partial charge in [-0.25, -0.2) is 9.59 Å². The van der Waals surface area contributed by atoms with Gasteiger partial charge in [-0.2, -0.15) is 0 Å². The fourth-order valence-electron chi connectivity index (χ4n) is 4.04. The van der Waals surface area contributed by atoms with Gasteiger partial charge < -0.3 is 28.8 Å². The van der Waals surface area contributed by atoms with E-state index in [0.717, 1.165) is 11.1 Å². The van der Waals surface area contributed by atoms with Crippen LogP contribution < -0.4 is 14.2 Å². The molecule has 0 fully saturated rings. The summed E-state index contributed by atoms with van der Waals surface area (Å²) in [5.74, 6) is -0.160. The number of hydrogen-bond acceptors (Lipinski definition) is 8. The second kappa shape index (κ2) is 14.9. The van der Waals surface area contributed by atoms with Crippen LogP contribution >= 0.6 is 0 Å². The molecule has 4 rings (SSSR count). The Morgan fingerprint density at radius 3 is 2.00 bits per heavy atom. The first kappa shape index (κ1) is 29.7. The van der Waals surface area contributed by atoms with Crippen LogP contribution in [0.2, 0.25) is 0 Å². The molecule has 0 aromatic heterocycles. The van der Waals surface area contributed by atoms with Gasteiger partial charge in [0.05, 0.1) is 14.2 Å². The maximum atomic E-state index is 12.6. The molecule has 0 saturated heterocycles. The first-order chi connectivity index (χ1) is 20.4. The predicted octanol–water partition coefficient (Wildman–Crippen LogP) is 5.90. The molecule has 0 aliphatic rings. The van der Waals surface area contributed by atoms with Gasteiger partial charge in [0.25, 0.3) is 0 Å². The Labute approximate surface area is 244 Å². The predicted molar refractivity (Wildman–Crippen MR) is 157 cm³/mol. The molecule has 1 atom stereocenters. The van der Waals surface area contributed by atoms with Gasteiger partial charge >= 0.3 is 11.9 Å². The van der Waals surface area contributed by atoms with E-state index in [2.05, 4.69) is 0 Å². The summed E-state index contributed by atoms with van der Waals surface area (Å²) in [6.07, 6.45) is 1.54. The highest BCUT2D eigenvalue weighted by Crippen LogP contribution is 2.31. The van der Waals surface area contributed by atoms with E-state index < -0.39 is 18.0 Å². The van der Waals surface area contributed by atoms with E-state index in [1.54, 1.807) is 30.3 Å². The fourth-order valence-corrected chi connectivity index (χ4v) is 4.04. The third-order valence-corrected chi connectivity index (χ3v) is 6.24. The van der Waals surface area contributed by atoms with Gasteiger partial charge in [-0.15, -0.1) is 0 Å². The zero-order chi connectivity index (χ0) is 29.7. The van der Waals surface area contributed by atoms with Gasteiger partial charge in [-0.3, -0.25) is 0 Å². The van der Waals surface area contributed by atoms with Crippen molar-refractivity contribution in [1.82, 2.24) is 0 Å². The third kappa shape index (κ3) is 8.63. The summed E-state index contributed by atoms with van der Waals surface area (Å²) in [6, 6.07) is 29.5. The van der Waals surface area contributed by atoms with Crippen LogP contribution in [-0.4, -0.2) is 37.4 Å². The molecule has 0 aliphatic carbocycles. The molecule has 4 aromatic carbocycles. The monoisotopic (exact) mass is 568 g/mol. The standard InChI is InChI=1S/C34H32O8/c1-38-30-19-24(13-16-28(30)35)15-18-33(36)42-32(34(37)39-2)21-27-14-17-29(40-22-25-9-5-3-6-10-25)31(20-27)41-23-26-11-7-4-8-12-26/h3-20,32,35H,21-23H2,1-2H3/b18-15+/t32-/m1/s1. The molecule has 0 heterocycles. The lowest BCUT2D eigenvalue weighted by atomic mass is 10.1. The number of methoxy groups -OCH3 is 2. The topological polar surface area (TPSA) is 101 Å². The minimum Gasteiger partial charge on any atom is -0.504 e. The molecule has 8 nitrogen and oxygen atoms in total. The van der Waals surface area contributed by atoms with Gasteiger partial charge in [0, 0.05) is 12.5 Å². The molecule has 0 amide bonds. The van der Waals surface area contributed by atoms with Crippen molar-refractivity contribution in [2.75, 3.05) is 14.2 Å². The Morgan fingerprint density at radius 2 is 1.38 bits per heavy atom. The first-order valence-corrected chi connectivity index (χ1v) is 13.2. The minimum atomic E-state index is -1.19. The zero-order valence-corrected chi connectivity index (χ0v) is 23.4. The molecule has 0 unspecified atom stereocenters. The average molecular weight is 569 g/mol. The lowest BCUT2D eigenvalue weighted by molar-refractivity contribution is -0.162. The van der Waals surface area contributed by atoms with Crippen molar-refractivity contribution >= 4 is 18.0 Å². The lowest BCUT2D eigenvalue weighted by Crippen LogP contribution is -2.30. The van der Waals surface area contributed by atoms with Gasteiger partial charge in [0.2, 0.25) is 6.10 Å². The summed E-state index contributed by atoms with van der Waals surface area (Å²) < 4.78 is 27.6. The summed E-state index contributed by atoms with van der Waals surface area (Å²) in [5.41, 5.74) is 3.27. The van der Waals surface area contributed by atoms with E-state index >= 15 is 0 Å². The second-order valence-electron chi connectivity index (χ2n) is 9.25. The largest absolute Gasteiger partial charge is 0.504 e. The number of phenols is 1. The Kier molecular flexibility index (Phi) is 10.6. The first-order valence-electron chi connectivity index (χ1n) is 13.2. The van der Waals surface area contributed by atoms with Gasteiger partial charge in [0.1, 0.15) is 13.2 Å². The molecule has 8 heteroatoms. The van der Waals surface area contributed by atoms with E-state index in [1.807, 2.05) is 60.7 Å². The highest BCUT2D eigenvalue weighted by atomic mass is 16.6. The van der Waals surface area contributed by atoms with Crippen LogP contribution in [0.25, 0.3) is 6.08 Å². The Morgan fingerprint density at radius 1 is 0.738 bits per heavy atom. The molecule has 0 radical (unpaired) electrons. The van der Waals surface area contributed by atoms with E-state index in [1.165, 1.54) is 32.4 Å². The molecule has 0 aliphatic heterocycles. The van der Waals surface area contributed by atoms with Crippen molar-refractivity contribution in [3.05, 3.63) is 125 Å². The van der Waals surface area contributed by atoms with Crippen LogP contribution in [0.15, 0.2) is 103 Å². The van der Waals surface area contributed by atoms with Crippen LogP contribution in [0, 0.1) is 0 Å². The quantitative estimate of drug-likeness (QED) is 0.157. The average Bonchev–Trinajstić information content (AvgIpc) is 3.03. The third-order valence-electron chi connectivity index (χ3n) is 6.24. The normalized spacial score (nSPS) is 11.5. The molecule has 216 valence electrons. The van der Waals surface area contributed by atoms with Crippen molar-refractivity contribution in [3.63, 3.8) is 0 Å². The Bertz CT molecular complexity index is 1500. The molecule has 0 bridgehead atoms. The number of rotatable bonds is 13. The summed E-state index contributed by atoms with van der Waals surface area (Å²) in [6.45, 7) is 0.664. The van der Waals surface area contributed by atoms with Crippen molar-refractivity contribution < 1.29 is 38.4 Å². The number of carbonyl (C=O) groups excluding carboxylic acids is 2. The van der Waals surface area contributed by atoms with Crippen LogP contribution in [0.4, 0.5) is 0 Å². The Hall–Kier alpha value is -5.24. The molecule has 0 spiro atoms. The number of benzene rings is 4. The number of carbonyl (C=O) groups is 2. The SMILES string of the molecule is COC(=O)[C@@H](Cc1ccc(OCc2ccccc2)c(OCc2ccccc2)c1)OC(=O)/C=C/c1ccc(O)c(OC)c1. The Balaban J connectivity index is 1.49. The molecular formula is C34H32O8. The smallest absolute Gasteiger partial charge is 0.347 e. The minimum absolute atomic E-state index is 0.0217. The van der Waals surface area contributed by atoms with Gasteiger partial charge in [-0.05, 0) is 52.6 Å². The van der Waals surface area contributed by atoms with Crippen molar-refractivity contribution in [2.45, 2.75) is 25.7 Å². The number of phenolic OH excluding ortho intramolecular Hbond substituents is 1. The highest BCUT2D eigenvalue weighted by Gasteiger charge is 2.24. The van der Waals surface area contributed by atoms with Crippen LogP contribution in [0.5, 0.6) is 23.0 Å². The lowest BCUT2D eigenvalue weighted by Gasteiger charge is -2.17. The summed E-state index contributed by atoms with van der Waals surface area (Å²) >= 11 is 0. The molecule has 4 aromatic rings. The van der Waals surface area contributed by atoms with E-state index in [0.29, 0.717) is 35.8 Å². The van der Waals surface area contributed by atoms with Crippen molar-refractivity contribution in [3.8, 4) is 23.0 Å². The van der Waals surface area contributed by atoms with Crippen LogP contribution in [-0.2, 0) is 38.7 Å². The van der Waals surface area contributed by atoms with Crippen LogP contribution in [0.1, 0.15) is 22.3 Å². The number of aromatic hydroxyl groups is 1. The zero-order valence-electron chi connectivity index (χ0n) is 23.4. The van der Waals surface area contributed by atoms with Gasteiger partial charge in [0.15, 0.2) is 23.0 Å². The van der Waals surface area contributed by atoms with Gasteiger partial charge in [-0.1, -0.05) is 72.8 Å². The second-order valence-corrected chi connectivity index (χ2v) is 9.25. The fraction of sp³-hybridized carbons (Fsp3) is 0.176. The summed E-state index contributed by atoms with van der Waals surface area (Å²) in [4.78, 5) is 25.2. The van der Waals surface area contributed by atoms with E-state index in [-0.39, 0.29) is 17.9 Å². The van der Waals surface area contributed by atoms with E-state index in [4.69, 9.17) is 23.7 Å². The molecule has 0 saturated carbocycles. The maximum Gasteiger partial charge on any atom is 0.347 e. The molecular weight excluding hydrogens is 536 g/mol. The number of ether oxygens (including phenoxy) is 5. The molecule has 1 N–H and O–H groups in total. The molecule has 42 heavy (non-hydrogen) atoms. The summed E-state index contributed by atoms with van der Waals surface area (Å²) in [7, 11) is 2.66. The number of esters is 2.